The van der Waals surface area contributed by atoms with Crippen molar-refractivity contribution in [1.82, 2.24) is 4.98 Å². The van der Waals surface area contributed by atoms with Crippen molar-refractivity contribution in [2.45, 2.75) is 13.0 Å². The SMILES string of the molecule is Nc1cccc2c1CCN(c1ncccc1Br)C2. The number of hydrogen-bond acceptors (Lipinski definition) is 3. The Balaban J connectivity index is 1.94. The number of nitrogens with two attached hydrogens (primary N) is 1. The summed E-state index contributed by atoms with van der Waals surface area (Å²) in [5.41, 5.74) is 9.52. The molecule has 1 aliphatic heterocycles. The van der Waals surface area contributed by atoms with E-state index in [1.54, 1.807) is 0 Å². The quantitative estimate of drug-likeness (QED) is 0.824. The molecule has 2 N–H and O–H groups in total. The van der Waals surface area contributed by atoms with Gasteiger partial charge in [-0.3, -0.25) is 0 Å². The molecule has 3 nitrogen and oxygen atoms in total. The molecule has 1 aromatic heterocycles. The molecule has 0 atom stereocenters. The molecule has 0 saturated carbocycles. The Bertz CT molecular complexity index is 583. The lowest BCUT2D eigenvalue weighted by atomic mass is 9.98. The molecule has 0 radical (unpaired) electrons. The Hall–Kier alpha value is -1.55. The average molecular weight is 304 g/mol. The molecule has 18 heavy (non-hydrogen) atoms. The molecule has 0 saturated heterocycles. The van der Waals surface area contributed by atoms with Crippen molar-refractivity contribution < 1.29 is 0 Å². The van der Waals surface area contributed by atoms with Crippen LogP contribution >= 0.6 is 15.9 Å². The fourth-order valence-corrected chi connectivity index (χ4v) is 2.94. The van der Waals surface area contributed by atoms with Gasteiger partial charge in [0.25, 0.3) is 0 Å². The molecule has 0 amide bonds. The number of fused-ring (bicyclic) bond motifs is 1. The third-order valence-corrected chi connectivity index (χ3v) is 3.96. The zero-order valence-corrected chi connectivity index (χ0v) is 11.5. The molecule has 2 heterocycles. The number of pyridine rings is 1. The first-order valence-corrected chi connectivity index (χ1v) is 6.76. The van der Waals surface area contributed by atoms with Crippen LogP contribution in [0.25, 0.3) is 0 Å². The lowest BCUT2D eigenvalue weighted by molar-refractivity contribution is 0.721. The second-order valence-electron chi connectivity index (χ2n) is 4.47. The fourth-order valence-electron chi connectivity index (χ4n) is 2.43. The van der Waals surface area contributed by atoms with Gasteiger partial charge >= 0.3 is 0 Å². The van der Waals surface area contributed by atoms with E-state index in [1.165, 1.54) is 11.1 Å². The van der Waals surface area contributed by atoms with E-state index in [9.17, 15) is 0 Å². The van der Waals surface area contributed by atoms with Crippen LogP contribution in [0.2, 0.25) is 0 Å². The van der Waals surface area contributed by atoms with E-state index in [4.69, 9.17) is 5.73 Å². The summed E-state index contributed by atoms with van der Waals surface area (Å²) in [6, 6.07) is 10.1. The van der Waals surface area contributed by atoms with Gasteiger partial charge in [0.1, 0.15) is 5.82 Å². The fraction of sp³-hybridized carbons (Fsp3) is 0.214. The van der Waals surface area contributed by atoms with E-state index in [0.717, 1.165) is 35.5 Å². The lowest BCUT2D eigenvalue weighted by Crippen LogP contribution is -2.31. The molecular weight excluding hydrogens is 290 g/mol. The van der Waals surface area contributed by atoms with Crippen molar-refractivity contribution in [3.05, 3.63) is 52.1 Å². The second-order valence-corrected chi connectivity index (χ2v) is 5.32. The van der Waals surface area contributed by atoms with Crippen LogP contribution in [-0.2, 0) is 13.0 Å². The van der Waals surface area contributed by atoms with Crippen LogP contribution in [0.1, 0.15) is 11.1 Å². The average Bonchev–Trinajstić information content (AvgIpc) is 2.39. The molecule has 0 unspecified atom stereocenters. The van der Waals surface area contributed by atoms with Crippen molar-refractivity contribution in [2.75, 3.05) is 17.2 Å². The van der Waals surface area contributed by atoms with Crippen LogP contribution in [0.5, 0.6) is 0 Å². The minimum absolute atomic E-state index is 0.871. The Kier molecular flexibility index (Phi) is 2.96. The van der Waals surface area contributed by atoms with E-state index < -0.39 is 0 Å². The van der Waals surface area contributed by atoms with Crippen LogP contribution in [0.4, 0.5) is 11.5 Å². The first-order valence-electron chi connectivity index (χ1n) is 5.97. The molecule has 1 aromatic carbocycles. The monoisotopic (exact) mass is 303 g/mol. The number of nitrogen functional groups attached to an aromatic ring is 1. The normalized spacial score (nSPS) is 14.4. The summed E-state index contributed by atoms with van der Waals surface area (Å²) in [5.74, 6) is 1.01. The third kappa shape index (κ3) is 1.97. The molecule has 0 fully saturated rings. The van der Waals surface area contributed by atoms with Gasteiger partial charge in [0, 0.05) is 25.0 Å². The van der Waals surface area contributed by atoms with Gasteiger partial charge in [0.2, 0.25) is 0 Å². The Morgan fingerprint density at radius 1 is 1.22 bits per heavy atom. The van der Waals surface area contributed by atoms with Gasteiger partial charge in [0.15, 0.2) is 0 Å². The van der Waals surface area contributed by atoms with Gasteiger partial charge in [-0.15, -0.1) is 0 Å². The van der Waals surface area contributed by atoms with Crippen LogP contribution in [-0.4, -0.2) is 11.5 Å². The van der Waals surface area contributed by atoms with Gasteiger partial charge in [-0.1, -0.05) is 12.1 Å². The topological polar surface area (TPSA) is 42.1 Å². The van der Waals surface area contributed by atoms with Crippen LogP contribution < -0.4 is 10.6 Å². The summed E-state index contributed by atoms with van der Waals surface area (Å²) < 4.78 is 1.04. The Morgan fingerprint density at radius 2 is 2.11 bits per heavy atom. The molecule has 3 rings (SSSR count). The van der Waals surface area contributed by atoms with Gasteiger partial charge in [-0.05, 0) is 51.7 Å². The highest BCUT2D eigenvalue weighted by Crippen LogP contribution is 2.30. The zero-order chi connectivity index (χ0) is 12.5. The number of benzene rings is 1. The van der Waals surface area contributed by atoms with Crippen LogP contribution in [0.3, 0.4) is 0 Å². The minimum Gasteiger partial charge on any atom is -0.398 e. The van der Waals surface area contributed by atoms with Crippen molar-refractivity contribution in [3.8, 4) is 0 Å². The largest absolute Gasteiger partial charge is 0.398 e. The standard InChI is InChI=1S/C14H14BrN3/c15-12-4-2-7-17-14(12)18-8-6-11-10(9-18)3-1-5-13(11)16/h1-5,7H,6,8-9,16H2. The highest BCUT2D eigenvalue weighted by Gasteiger charge is 2.20. The number of halogens is 1. The predicted octanol–water partition coefficient (Wildman–Crippen LogP) is 2.99. The van der Waals surface area contributed by atoms with E-state index in [-0.39, 0.29) is 0 Å². The molecule has 1 aliphatic rings. The predicted molar refractivity (Wildman–Crippen MR) is 77.5 cm³/mol. The number of nitrogens with zero attached hydrogens (tertiary/aromatic N) is 2. The second kappa shape index (κ2) is 4.61. The summed E-state index contributed by atoms with van der Waals surface area (Å²) in [5, 5.41) is 0. The number of hydrogen-bond donors (Lipinski definition) is 1. The molecule has 92 valence electrons. The van der Waals surface area contributed by atoms with Crippen molar-refractivity contribution in [3.63, 3.8) is 0 Å². The van der Waals surface area contributed by atoms with E-state index in [1.807, 2.05) is 30.5 Å². The summed E-state index contributed by atoms with van der Waals surface area (Å²) >= 11 is 3.56. The summed E-state index contributed by atoms with van der Waals surface area (Å²) in [4.78, 5) is 6.73. The number of rotatable bonds is 1. The zero-order valence-electron chi connectivity index (χ0n) is 9.94. The molecule has 0 aliphatic carbocycles. The maximum absolute atomic E-state index is 6.01. The molecule has 0 spiro atoms. The first-order chi connectivity index (χ1) is 8.75. The lowest BCUT2D eigenvalue weighted by Gasteiger charge is -2.31. The maximum atomic E-state index is 6.01. The Labute approximate surface area is 115 Å². The van der Waals surface area contributed by atoms with Gasteiger partial charge < -0.3 is 10.6 Å². The Morgan fingerprint density at radius 3 is 2.94 bits per heavy atom. The highest BCUT2D eigenvalue weighted by atomic mass is 79.9. The van der Waals surface area contributed by atoms with Crippen molar-refractivity contribution in [2.24, 2.45) is 0 Å². The third-order valence-electron chi connectivity index (χ3n) is 3.34. The molecule has 0 bridgehead atoms. The smallest absolute Gasteiger partial charge is 0.143 e. The summed E-state index contributed by atoms with van der Waals surface area (Å²) in [6.45, 7) is 1.83. The minimum atomic E-state index is 0.871. The first kappa shape index (κ1) is 11.5. The molecule has 4 heteroatoms. The van der Waals surface area contributed by atoms with Crippen molar-refractivity contribution >= 4 is 27.4 Å². The van der Waals surface area contributed by atoms with Crippen LogP contribution in [0.15, 0.2) is 41.0 Å². The van der Waals surface area contributed by atoms with Crippen molar-refractivity contribution in [1.29, 1.82) is 0 Å². The van der Waals surface area contributed by atoms with E-state index in [0.29, 0.717) is 0 Å². The van der Waals surface area contributed by atoms with Gasteiger partial charge in [-0.2, -0.15) is 0 Å². The van der Waals surface area contributed by atoms with Gasteiger partial charge in [0.05, 0.1) is 4.47 Å². The highest BCUT2D eigenvalue weighted by molar-refractivity contribution is 9.10. The number of anilines is 2. The maximum Gasteiger partial charge on any atom is 0.143 e. The molecular formula is C14H14BrN3. The summed E-state index contributed by atoms with van der Waals surface area (Å²) in [6.07, 6.45) is 2.81. The van der Waals surface area contributed by atoms with E-state index >= 15 is 0 Å². The molecule has 2 aromatic rings. The number of aromatic nitrogens is 1. The van der Waals surface area contributed by atoms with Crippen LogP contribution in [0, 0.1) is 0 Å². The van der Waals surface area contributed by atoms with Gasteiger partial charge in [-0.25, -0.2) is 4.98 Å². The van der Waals surface area contributed by atoms with E-state index in [2.05, 4.69) is 31.9 Å². The summed E-state index contributed by atoms with van der Waals surface area (Å²) in [7, 11) is 0.